The zero-order chi connectivity index (χ0) is 37.9. The number of carbonyl (C=O) groups excluding carboxylic acids is 1. The van der Waals surface area contributed by atoms with Crippen LogP contribution in [0.5, 0.6) is 17.2 Å². The Hall–Kier alpha value is -5.27. The molecule has 0 radical (unpaired) electrons. The third-order valence-electron chi connectivity index (χ3n) is 9.34. The fourth-order valence-electron chi connectivity index (χ4n) is 6.38. The highest BCUT2D eigenvalue weighted by molar-refractivity contribution is 7.99. The molecule has 0 unspecified atom stereocenters. The SMILES string of the molecule is COc1ccc(C(OC[C@H]2O[C@@H](n3cnc4c(Sc5ccc(OC(=O)C(C)(C)C)cc5)ncnc43)C[C@@H]2O)(c2ccccc2)c2ccc(OC)cc2)cc1. The van der Waals surface area contributed by atoms with Gasteiger partial charge in [-0.25, -0.2) is 15.0 Å². The first-order chi connectivity index (χ1) is 26.1. The van der Waals surface area contributed by atoms with E-state index in [2.05, 4.69) is 15.0 Å². The van der Waals surface area contributed by atoms with Gasteiger partial charge in [-0.2, -0.15) is 0 Å². The van der Waals surface area contributed by atoms with Crippen molar-refractivity contribution in [3.05, 3.63) is 132 Å². The molecule has 0 amide bonds. The van der Waals surface area contributed by atoms with E-state index < -0.39 is 29.5 Å². The topological polar surface area (TPSA) is 127 Å². The number of carbonyl (C=O) groups is 1. The number of methoxy groups -OCH3 is 2. The number of esters is 1. The van der Waals surface area contributed by atoms with Crippen molar-refractivity contribution in [2.24, 2.45) is 5.41 Å². The predicted octanol–water partition coefficient (Wildman–Crippen LogP) is 7.60. The van der Waals surface area contributed by atoms with Gasteiger partial charge in [-0.3, -0.25) is 9.36 Å². The highest BCUT2D eigenvalue weighted by atomic mass is 32.2. The molecule has 0 spiro atoms. The highest BCUT2D eigenvalue weighted by Gasteiger charge is 2.42. The smallest absolute Gasteiger partial charge is 0.316 e. The van der Waals surface area contributed by atoms with Crippen LogP contribution in [0.2, 0.25) is 0 Å². The van der Waals surface area contributed by atoms with Crippen LogP contribution in [-0.2, 0) is 19.9 Å². The number of aromatic nitrogens is 4. The lowest BCUT2D eigenvalue weighted by Crippen LogP contribution is -2.38. The second-order valence-corrected chi connectivity index (χ2v) is 15.0. The summed E-state index contributed by atoms with van der Waals surface area (Å²) in [6.45, 7) is 5.52. The number of nitrogens with zero attached hydrogens (tertiary/aromatic N) is 4. The van der Waals surface area contributed by atoms with Crippen LogP contribution in [0.25, 0.3) is 11.2 Å². The van der Waals surface area contributed by atoms with Gasteiger partial charge in [-0.15, -0.1) is 0 Å². The Labute approximate surface area is 318 Å². The van der Waals surface area contributed by atoms with Crippen LogP contribution in [0.4, 0.5) is 0 Å². The lowest BCUT2D eigenvalue weighted by Gasteiger charge is -2.37. The molecule has 6 aromatic rings. The van der Waals surface area contributed by atoms with Gasteiger partial charge in [0.25, 0.3) is 0 Å². The summed E-state index contributed by atoms with van der Waals surface area (Å²) in [5.41, 5.74) is 2.19. The van der Waals surface area contributed by atoms with Crippen molar-refractivity contribution >= 4 is 28.9 Å². The predicted molar refractivity (Wildman–Crippen MR) is 204 cm³/mol. The molecule has 2 aromatic heterocycles. The molecule has 3 atom stereocenters. The number of hydrogen-bond donors (Lipinski definition) is 1. The summed E-state index contributed by atoms with van der Waals surface area (Å²) >= 11 is 1.42. The molecule has 4 aromatic carbocycles. The van der Waals surface area contributed by atoms with E-state index in [9.17, 15) is 9.90 Å². The van der Waals surface area contributed by atoms with Gasteiger partial charge < -0.3 is 28.8 Å². The number of hydrogen-bond acceptors (Lipinski definition) is 11. The third-order valence-corrected chi connectivity index (χ3v) is 10.3. The van der Waals surface area contributed by atoms with E-state index in [-0.39, 0.29) is 12.6 Å². The first-order valence-corrected chi connectivity index (χ1v) is 18.4. The molecule has 12 heteroatoms. The van der Waals surface area contributed by atoms with Crippen molar-refractivity contribution in [1.29, 1.82) is 0 Å². The van der Waals surface area contributed by atoms with Gasteiger partial charge in [0.05, 0.1) is 38.7 Å². The van der Waals surface area contributed by atoms with Crippen LogP contribution < -0.4 is 14.2 Å². The van der Waals surface area contributed by atoms with Crippen molar-refractivity contribution in [2.75, 3.05) is 20.8 Å². The third kappa shape index (κ3) is 7.56. The number of fused-ring (bicyclic) bond motifs is 1. The van der Waals surface area contributed by atoms with Crippen LogP contribution in [0.1, 0.15) is 50.1 Å². The van der Waals surface area contributed by atoms with Crippen LogP contribution in [0.3, 0.4) is 0 Å². The zero-order valence-corrected chi connectivity index (χ0v) is 31.5. The Morgan fingerprint density at radius 3 is 2.00 bits per heavy atom. The molecule has 1 fully saturated rings. The van der Waals surface area contributed by atoms with Crippen LogP contribution in [0.15, 0.2) is 126 Å². The molecule has 1 saturated heterocycles. The van der Waals surface area contributed by atoms with Gasteiger partial charge in [0.2, 0.25) is 0 Å². The van der Waals surface area contributed by atoms with E-state index in [1.165, 1.54) is 18.1 Å². The normalized spacial score (nSPS) is 17.4. The van der Waals surface area contributed by atoms with Crippen LogP contribution >= 0.6 is 11.8 Å². The van der Waals surface area contributed by atoms with E-state index >= 15 is 0 Å². The number of benzene rings is 4. The van der Waals surface area contributed by atoms with E-state index in [1.54, 1.807) is 32.7 Å². The molecule has 0 bridgehead atoms. The highest BCUT2D eigenvalue weighted by Crippen LogP contribution is 2.43. The quantitative estimate of drug-likeness (QED) is 0.0576. The molecule has 278 valence electrons. The molecule has 1 aliphatic rings. The largest absolute Gasteiger partial charge is 0.497 e. The van der Waals surface area contributed by atoms with Crippen molar-refractivity contribution in [2.45, 2.75) is 61.2 Å². The van der Waals surface area contributed by atoms with E-state index in [0.717, 1.165) is 33.1 Å². The summed E-state index contributed by atoms with van der Waals surface area (Å²) < 4.78 is 31.8. The standard InChI is InChI=1S/C42H42N4O7S/c1-41(2,3)40(48)52-32-19-21-33(22-20-32)54-39-37-38(43-25-44-39)46(26-45-37)36-23-34(47)35(53-36)24-51-42(27-9-7-6-8-10-27,28-11-15-30(49-4)16-12-28)29-13-17-31(50-5)18-14-29/h6-22,25-26,34-36,47H,23-24H2,1-5H3/t34-,35+,36+/m0/s1. The van der Waals surface area contributed by atoms with Gasteiger partial charge >= 0.3 is 5.97 Å². The molecule has 0 aliphatic carbocycles. The number of aliphatic hydroxyl groups excluding tert-OH is 1. The lowest BCUT2D eigenvalue weighted by atomic mass is 9.80. The summed E-state index contributed by atoms with van der Waals surface area (Å²) in [5.74, 6) is 1.62. The van der Waals surface area contributed by atoms with Gasteiger partial charge in [-0.05, 0) is 86.0 Å². The molecular weight excluding hydrogens is 705 g/mol. The summed E-state index contributed by atoms with van der Waals surface area (Å²) in [5, 5.41) is 12.1. The maximum absolute atomic E-state index is 12.3. The van der Waals surface area contributed by atoms with Crippen molar-refractivity contribution < 1.29 is 33.6 Å². The summed E-state index contributed by atoms with van der Waals surface area (Å²) in [6, 6.07) is 32.9. The maximum atomic E-state index is 12.3. The van der Waals surface area contributed by atoms with Crippen LogP contribution in [0, 0.1) is 5.41 Å². The molecule has 11 nitrogen and oxygen atoms in total. The van der Waals surface area contributed by atoms with Gasteiger partial charge in [0.15, 0.2) is 5.65 Å². The number of aliphatic hydroxyl groups is 1. The minimum absolute atomic E-state index is 0.0778. The minimum Gasteiger partial charge on any atom is -0.497 e. The van der Waals surface area contributed by atoms with Gasteiger partial charge in [0, 0.05) is 11.3 Å². The Balaban J connectivity index is 1.13. The first-order valence-electron chi connectivity index (χ1n) is 17.6. The average Bonchev–Trinajstić information content (AvgIpc) is 3.80. The lowest BCUT2D eigenvalue weighted by molar-refractivity contribution is -0.143. The molecule has 3 heterocycles. The maximum Gasteiger partial charge on any atom is 0.316 e. The van der Waals surface area contributed by atoms with Crippen molar-refractivity contribution in [3.8, 4) is 17.2 Å². The second-order valence-electron chi connectivity index (χ2n) is 14.0. The summed E-state index contributed by atoms with van der Waals surface area (Å²) in [6.07, 6.45) is 1.44. The fraction of sp³-hybridized carbons (Fsp3) is 0.286. The Morgan fingerprint density at radius 2 is 1.41 bits per heavy atom. The van der Waals surface area contributed by atoms with E-state index in [1.807, 2.05) is 116 Å². The van der Waals surface area contributed by atoms with E-state index in [4.69, 9.17) is 23.7 Å². The Morgan fingerprint density at radius 1 is 0.815 bits per heavy atom. The number of ether oxygens (including phenoxy) is 5. The fourth-order valence-corrected chi connectivity index (χ4v) is 7.22. The second kappa shape index (κ2) is 15.6. The molecule has 54 heavy (non-hydrogen) atoms. The Bertz CT molecular complexity index is 2140. The molecular formula is C42H42N4O7S. The van der Waals surface area contributed by atoms with Crippen molar-refractivity contribution in [3.63, 3.8) is 0 Å². The molecule has 7 rings (SSSR count). The van der Waals surface area contributed by atoms with Crippen molar-refractivity contribution in [1.82, 2.24) is 19.5 Å². The molecule has 1 N–H and O–H groups in total. The number of imidazole rings is 1. The molecule has 0 saturated carbocycles. The zero-order valence-electron chi connectivity index (χ0n) is 30.7. The van der Waals surface area contributed by atoms with Gasteiger partial charge in [0.1, 0.15) is 52.1 Å². The minimum atomic E-state index is -1.06. The summed E-state index contributed by atoms with van der Waals surface area (Å²) in [4.78, 5) is 26.9. The number of rotatable bonds is 12. The van der Waals surface area contributed by atoms with Crippen LogP contribution in [-0.4, -0.2) is 63.6 Å². The Kier molecular flexibility index (Phi) is 10.7. The molecule has 1 aliphatic heterocycles. The van der Waals surface area contributed by atoms with E-state index in [0.29, 0.717) is 28.4 Å². The first kappa shape index (κ1) is 37.1. The average molecular weight is 747 g/mol. The summed E-state index contributed by atoms with van der Waals surface area (Å²) in [7, 11) is 3.27. The monoisotopic (exact) mass is 746 g/mol. The van der Waals surface area contributed by atoms with Gasteiger partial charge in [-0.1, -0.05) is 66.4 Å².